The Hall–Kier alpha value is -1.10. The molecule has 5 nitrogen and oxygen atoms in total. The van der Waals surface area contributed by atoms with E-state index in [4.69, 9.17) is 5.21 Å². The third-order valence-corrected chi connectivity index (χ3v) is 1.01. The summed E-state index contributed by atoms with van der Waals surface area (Å²) in [5.41, 5.74) is 0.665. The van der Waals surface area contributed by atoms with Crippen molar-refractivity contribution in [2.45, 2.75) is 20.8 Å². The zero-order valence-corrected chi connectivity index (χ0v) is 6.76. The van der Waals surface area contributed by atoms with Gasteiger partial charge in [-0.15, -0.1) is 0 Å². The van der Waals surface area contributed by atoms with E-state index in [0.717, 1.165) is 0 Å². The van der Waals surface area contributed by atoms with E-state index in [-0.39, 0.29) is 0 Å². The fourth-order valence-corrected chi connectivity index (χ4v) is 0.319. The van der Waals surface area contributed by atoms with Gasteiger partial charge in [0.2, 0.25) is 5.91 Å². The van der Waals surface area contributed by atoms with Gasteiger partial charge in [-0.25, -0.2) is 10.3 Å². The molecule has 0 bridgehead atoms. The van der Waals surface area contributed by atoms with Gasteiger partial charge in [0.15, 0.2) is 0 Å². The van der Waals surface area contributed by atoms with E-state index in [1.54, 1.807) is 20.8 Å². The van der Waals surface area contributed by atoms with Crippen LogP contribution >= 0.6 is 0 Å². The highest BCUT2D eigenvalue weighted by atomic mass is 16.5. The van der Waals surface area contributed by atoms with E-state index in [2.05, 4.69) is 0 Å². The van der Waals surface area contributed by atoms with E-state index < -0.39 is 17.4 Å². The van der Waals surface area contributed by atoms with E-state index in [0.29, 0.717) is 0 Å². The SMILES string of the molecule is CC(C)(C)C(=O)NC(=O)NO. The van der Waals surface area contributed by atoms with Crippen molar-refractivity contribution >= 4 is 11.9 Å². The number of carbonyl (C=O) groups is 2. The molecule has 5 heteroatoms. The van der Waals surface area contributed by atoms with Gasteiger partial charge in [-0.3, -0.25) is 15.3 Å². The number of hydroxylamine groups is 1. The van der Waals surface area contributed by atoms with Crippen LogP contribution in [0.2, 0.25) is 0 Å². The first-order valence-electron chi connectivity index (χ1n) is 3.13. The summed E-state index contributed by atoms with van der Waals surface area (Å²) >= 11 is 0. The molecular weight excluding hydrogens is 148 g/mol. The van der Waals surface area contributed by atoms with Crippen molar-refractivity contribution in [3.05, 3.63) is 0 Å². The van der Waals surface area contributed by atoms with Crippen LogP contribution in [0.15, 0.2) is 0 Å². The van der Waals surface area contributed by atoms with Crippen LogP contribution in [-0.2, 0) is 4.79 Å². The Kier molecular flexibility index (Phi) is 3.00. The van der Waals surface area contributed by atoms with Crippen molar-refractivity contribution in [2.75, 3.05) is 0 Å². The molecule has 0 aliphatic carbocycles. The Labute approximate surface area is 64.7 Å². The lowest BCUT2D eigenvalue weighted by Gasteiger charge is -2.15. The van der Waals surface area contributed by atoms with Crippen LogP contribution in [0.3, 0.4) is 0 Å². The number of rotatable bonds is 0. The standard InChI is InChI=1S/C6H12N2O3/c1-6(2,3)4(9)7-5(10)8-11/h11H,1-3H3,(H2,7,8,9,10). The molecule has 0 aliphatic heterocycles. The van der Waals surface area contributed by atoms with Crippen LogP contribution in [0.25, 0.3) is 0 Å². The maximum Gasteiger partial charge on any atom is 0.345 e. The van der Waals surface area contributed by atoms with Crippen LogP contribution in [0, 0.1) is 5.41 Å². The number of urea groups is 1. The Morgan fingerprint density at radius 1 is 1.27 bits per heavy atom. The molecule has 0 spiro atoms. The van der Waals surface area contributed by atoms with Gasteiger partial charge in [0.25, 0.3) is 0 Å². The molecule has 0 heterocycles. The fraction of sp³-hybridized carbons (Fsp3) is 0.667. The monoisotopic (exact) mass is 160 g/mol. The van der Waals surface area contributed by atoms with Crippen LogP contribution in [0.4, 0.5) is 4.79 Å². The summed E-state index contributed by atoms with van der Waals surface area (Å²) < 4.78 is 0. The lowest BCUT2D eigenvalue weighted by molar-refractivity contribution is -0.127. The molecule has 0 fully saturated rings. The van der Waals surface area contributed by atoms with Gasteiger partial charge in [-0.1, -0.05) is 20.8 Å². The van der Waals surface area contributed by atoms with Gasteiger partial charge in [0.1, 0.15) is 0 Å². The molecule has 0 aromatic rings. The molecule has 0 unspecified atom stereocenters. The van der Waals surface area contributed by atoms with Gasteiger partial charge in [-0.2, -0.15) is 0 Å². The molecular formula is C6H12N2O3. The van der Waals surface area contributed by atoms with Crippen molar-refractivity contribution in [3.63, 3.8) is 0 Å². The molecule has 3 amide bonds. The summed E-state index contributed by atoms with van der Waals surface area (Å²) in [7, 11) is 0. The molecule has 11 heavy (non-hydrogen) atoms. The molecule has 0 radical (unpaired) electrons. The first kappa shape index (κ1) is 9.90. The second-order valence-electron chi connectivity index (χ2n) is 3.15. The summed E-state index contributed by atoms with van der Waals surface area (Å²) in [4.78, 5) is 21.3. The summed E-state index contributed by atoms with van der Waals surface area (Å²) in [5, 5.41) is 9.97. The highest BCUT2D eigenvalue weighted by Crippen LogP contribution is 2.11. The smallest absolute Gasteiger partial charge is 0.287 e. The molecule has 0 saturated heterocycles. The van der Waals surface area contributed by atoms with Crippen LogP contribution in [-0.4, -0.2) is 17.1 Å². The lowest BCUT2D eigenvalue weighted by Crippen LogP contribution is -2.43. The number of carbonyl (C=O) groups excluding carboxylic acids is 2. The Morgan fingerprint density at radius 2 is 1.73 bits per heavy atom. The highest BCUT2D eigenvalue weighted by Gasteiger charge is 2.22. The summed E-state index contributed by atoms with van der Waals surface area (Å²) in [6, 6.07) is -0.912. The second-order valence-corrected chi connectivity index (χ2v) is 3.15. The van der Waals surface area contributed by atoms with Crippen molar-refractivity contribution in [1.29, 1.82) is 0 Å². The summed E-state index contributed by atoms with van der Waals surface area (Å²) in [6.45, 7) is 4.98. The van der Waals surface area contributed by atoms with Gasteiger partial charge >= 0.3 is 6.03 Å². The van der Waals surface area contributed by atoms with Gasteiger partial charge < -0.3 is 0 Å². The predicted octanol–water partition coefficient (Wildman–Crippen LogP) is 0.247. The average Bonchev–Trinajstić information content (AvgIpc) is 1.85. The Bertz CT molecular complexity index is 171. The summed E-state index contributed by atoms with van der Waals surface area (Å²) in [6.07, 6.45) is 0. The van der Waals surface area contributed by atoms with Crippen molar-refractivity contribution in [1.82, 2.24) is 10.8 Å². The quantitative estimate of drug-likeness (QED) is 0.351. The largest absolute Gasteiger partial charge is 0.345 e. The van der Waals surface area contributed by atoms with Crippen molar-refractivity contribution in [2.24, 2.45) is 5.41 Å². The second kappa shape index (κ2) is 3.34. The number of amides is 3. The number of hydrogen-bond donors (Lipinski definition) is 3. The molecule has 64 valence electrons. The molecule has 0 atom stereocenters. The Balaban J connectivity index is 3.99. The minimum atomic E-state index is -0.912. The van der Waals surface area contributed by atoms with Crippen molar-refractivity contribution < 1.29 is 14.8 Å². The van der Waals surface area contributed by atoms with E-state index >= 15 is 0 Å². The molecule has 0 saturated carbocycles. The first-order valence-corrected chi connectivity index (χ1v) is 3.13. The predicted molar refractivity (Wildman–Crippen MR) is 37.9 cm³/mol. The third kappa shape index (κ3) is 3.57. The third-order valence-electron chi connectivity index (χ3n) is 1.01. The lowest BCUT2D eigenvalue weighted by atomic mass is 9.96. The minimum absolute atomic E-state index is 0.441. The molecule has 0 aromatic carbocycles. The van der Waals surface area contributed by atoms with Gasteiger partial charge in [0, 0.05) is 5.41 Å². The fourth-order valence-electron chi connectivity index (χ4n) is 0.319. The maximum absolute atomic E-state index is 11.0. The topological polar surface area (TPSA) is 78.4 Å². The average molecular weight is 160 g/mol. The van der Waals surface area contributed by atoms with Crippen LogP contribution < -0.4 is 10.8 Å². The molecule has 0 rings (SSSR count). The number of hydrogen-bond acceptors (Lipinski definition) is 3. The maximum atomic E-state index is 11.0. The minimum Gasteiger partial charge on any atom is -0.287 e. The Morgan fingerprint density at radius 3 is 2.00 bits per heavy atom. The van der Waals surface area contributed by atoms with E-state index in [1.165, 1.54) is 5.48 Å². The van der Waals surface area contributed by atoms with Crippen LogP contribution in [0.1, 0.15) is 20.8 Å². The van der Waals surface area contributed by atoms with Gasteiger partial charge in [-0.05, 0) is 0 Å². The molecule has 0 aromatic heterocycles. The zero-order chi connectivity index (χ0) is 9.07. The van der Waals surface area contributed by atoms with Crippen LogP contribution in [0.5, 0.6) is 0 Å². The first-order chi connectivity index (χ1) is 4.88. The van der Waals surface area contributed by atoms with E-state index in [9.17, 15) is 9.59 Å². The molecule has 3 N–H and O–H groups in total. The van der Waals surface area contributed by atoms with Crippen molar-refractivity contribution in [3.8, 4) is 0 Å². The number of nitrogens with one attached hydrogen (secondary N) is 2. The summed E-state index contributed by atoms with van der Waals surface area (Å²) in [5.74, 6) is -0.441. The highest BCUT2D eigenvalue weighted by molar-refractivity contribution is 5.96. The molecule has 0 aliphatic rings. The normalized spacial score (nSPS) is 10.5. The van der Waals surface area contributed by atoms with E-state index in [1.807, 2.05) is 5.32 Å². The van der Waals surface area contributed by atoms with Gasteiger partial charge in [0.05, 0.1) is 0 Å². The number of imide groups is 1. The zero-order valence-electron chi connectivity index (χ0n) is 6.76.